The summed E-state index contributed by atoms with van der Waals surface area (Å²) in [5, 5.41) is 4.91. The van der Waals surface area contributed by atoms with Crippen molar-refractivity contribution in [3.63, 3.8) is 0 Å². The van der Waals surface area contributed by atoms with E-state index in [0.717, 1.165) is 20.6 Å². The molecule has 0 saturated carbocycles. The summed E-state index contributed by atoms with van der Waals surface area (Å²) in [5.41, 5.74) is 1.19. The predicted octanol–water partition coefficient (Wildman–Crippen LogP) is 4.56. The van der Waals surface area contributed by atoms with E-state index in [1.165, 1.54) is 32.4 Å². The van der Waals surface area contributed by atoms with E-state index in [-0.39, 0.29) is 23.7 Å². The number of methoxy groups -OCH3 is 2. The van der Waals surface area contributed by atoms with Gasteiger partial charge in [-0.15, -0.1) is 0 Å². The third-order valence-electron chi connectivity index (χ3n) is 5.97. The Hall–Kier alpha value is -4.24. The number of benzene rings is 4. The van der Waals surface area contributed by atoms with E-state index in [1.54, 1.807) is 24.3 Å². The molecule has 0 spiro atoms. The molecule has 198 valence electrons. The average Bonchev–Trinajstić information content (AvgIpc) is 2.93. The molecule has 0 aliphatic carbocycles. The van der Waals surface area contributed by atoms with Gasteiger partial charge in [0, 0.05) is 6.07 Å². The van der Waals surface area contributed by atoms with Crippen LogP contribution < -0.4 is 23.8 Å². The zero-order chi connectivity index (χ0) is 27.1. The maximum Gasteiger partial charge on any atom is 0.264 e. The maximum absolute atomic E-state index is 13.6. The second-order valence-electron chi connectivity index (χ2n) is 8.57. The number of ether oxygens (including phenoxy) is 3. The SMILES string of the molecule is COc1ccc(N(CC(=O)NCCOc2ccc3ccccc3c2)S(=O)(=O)c2ccc(C)cc2)cc1OC. The highest BCUT2D eigenvalue weighted by molar-refractivity contribution is 7.92. The topological polar surface area (TPSA) is 94.2 Å². The van der Waals surface area contributed by atoms with Crippen molar-refractivity contribution in [2.45, 2.75) is 11.8 Å². The quantitative estimate of drug-likeness (QED) is 0.284. The molecular formula is C29H30N2O6S. The van der Waals surface area contributed by atoms with E-state index in [2.05, 4.69) is 5.32 Å². The number of fused-ring (bicyclic) bond motifs is 1. The van der Waals surface area contributed by atoms with Crippen molar-refractivity contribution in [1.82, 2.24) is 5.32 Å². The molecule has 0 heterocycles. The number of nitrogens with one attached hydrogen (secondary N) is 1. The summed E-state index contributed by atoms with van der Waals surface area (Å²) in [6.45, 7) is 1.87. The van der Waals surface area contributed by atoms with Crippen molar-refractivity contribution >= 4 is 32.4 Å². The zero-order valence-electron chi connectivity index (χ0n) is 21.5. The van der Waals surface area contributed by atoms with Gasteiger partial charge in [0.1, 0.15) is 18.9 Å². The zero-order valence-corrected chi connectivity index (χ0v) is 22.3. The highest BCUT2D eigenvalue weighted by atomic mass is 32.2. The predicted molar refractivity (Wildman–Crippen MR) is 148 cm³/mol. The van der Waals surface area contributed by atoms with Crippen LogP contribution in [0.5, 0.6) is 17.2 Å². The van der Waals surface area contributed by atoms with Crippen molar-refractivity contribution in [2.75, 3.05) is 38.2 Å². The van der Waals surface area contributed by atoms with Crippen molar-refractivity contribution in [2.24, 2.45) is 0 Å². The average molecular weight is 535 g/mol. The van der Waals surface area contributed by atoms with Gasteiger partial charge >= 0.3 is 0 Å². The van der Waals surface area contributed by atoms with Crippen molar-refractivity contribution < 1.29 is 27.4 Å². The molecule has 0 radical (unpaired) electrons. The van der Waals surface area contributed by atoms with E-state index in [0.29, 0.717) is 17.2 Å². The Kier molecular flexibility index (Phi) is 8.38. The van der Waals surface area contributed by atoms with Gasteiger partial charge in [0.15, 0.2) is 11.5 Å². The molecule has 0 aliphatic heterocycles. The number of sulfonamides is 1. The van der Waals surface area contributed by atoms with Crippen LogP contribution in [-0.4, -0.2) is 48.2 Å². The van der Waals surface area contributed by atoms with E-state index in [4.69, 9.17) is 14.2 Å². The van der Waals surface area contributed by atoms with Crippen LogP contribution in [0.25, 0.3) is 10.8 Å². The second-order valence-corrected chi connectivity index (χ2v) is 10.4. The number of hydrogen-bond donors (Lipinski definition) is 1. The van der Waals surface area contributed by atoms with Gasteiger partial charge in [-0.25, -0.2) is 8.42 Å². The molecule has 0 aliphatic rings. The van der Waals surface area contributed by atoms with Crippen LogP contribution in [0.2, 0.25) is 0 Å². The molecular weight excluding hydrogens is 504 g/mol. The van der Waals surface area contributed by atoms with Crippen LogP contribution in [0.3, 0.4) is 0 Å². The minimum absolute atomic E-state index is 0.0744. The van der Waals surface area contributed by atoms with Crippen molar-refractivity contribution in [3.05, 3.63) is 90.5 Å². The Morgan fingerprint density at radius 1 is 0.842 bits per heavy atom. The summed E-state index contributed by atoms with van der Waals surface area (Å²) in [5.74, 6) is 1.00. The highest BCUT2D eigenvalue weighted by Gasteiger charge is 2.28. The standard InChI is InChI=1S/C29H30N2O6S/c1-21-8-13-26(14-9-21)38(33,34)31(24-11-15-27(35-2)28(19-24)36-3)20-29(32)30-16-17-37-25-12-10-22-6-4-5-7-23(22)18-25/h4-15,18-19H,16-17,20H2,1-3H3,(H,30,32). The Morgan fingerprint density at radius 2 is 1.55 bits per heavy atom. The van der Waals surface area contributed by atoms with Crippen LogP contribution in [0, 0.1) is 6.92 Å². The van der Waals surface area contributed by atoms with Gasteiger partial charge in [0.25, 0.3) is 10.0 Å². The smallest absolute Gasteiger partial charge is 0.264 e. The van der Waals surface area contributed by atoms with Gasteiger partial charge in [-0.2, -0.15) is 0 Å². The molecule has 0 aromatic heterocycles. The molecule has 0 fully saturated rings. The molecule has 0 atom stereocenters. The van der Waals surface area contributed by atoms with Gasteiger partial charge in [-0.05, 0) is 54.1 Å². The van der Waals surface area contributed by atoms with Crippen LogP contribution in [0.4, 0.5) is 5.69 Å². The number of nitrogens with zero attached hydrogens (tertiary/aromatic N) is 1. The molecule has 4 aromatic carbocycles. The third-order valence-corrected chi connectivity index (χ3v) is 7.75. The lowest BCUT2D eigenvalue weighted by atomic mass is 10.1. The summed E-state index contributed by atoms with van der Waals surface area (Å²) in [7, 11) is -1.11. The highest BCUT2D eigenvalue weighted by Crippen LogP contribution is 2.33. The molecule has 1 amide bonds. The lowest BCUT2D eigenvalue weighted by Crippen LogP contribution is -2.42. The van der Waals surface area contributed by atoms with E-state index >= 15 is 0 Å². The molecule has 0 unspecified atom stereocenters. The largest absolute Gasteiger partial charge is 0.493 e. The normalized spacial score (nSPS) is 11.1. The molecule has 8 nitrogen and oxygen atoms in total. The molecule has 4 rings (SSSR count). The van der Waals surface area contributed by atoms with Crippen LogP contribution >= 0.6 is 0 Å². The van der Waals surface area contributed by atoms with E-state index < -0.39 is 22.5 Å². The Bertz CT molecular complexity index is 1520. The van der Waals surface area contributed by atoms with Gasteiger partial charge in [-0.1, -0.05) is 48.0 Å². The van der Waals surface area contributed by atoms with Crippen LogP contribution in [0.1, 0.15) is 5.56 Å². The Labute approximate surface area is 222 Å². The lowest BCUT2D eigenvalue weighted by Gasteiger charge is -2.25. The summed E-state index contributed by atoms with van der Waals surface area (Å²) in [6, 6.07) is 24.9. The molecule has 0 bridgehead atoms. The number of anilines is 1. The van der Waals surface area contributed by atoms with Gasteiger partial charge in [0.2, 0.25) is 5.91 Å². The first-order valence-electron chi connectivity index (χ1n) is 12.0. The summed E-state index contributed by atoms with van der Waals surface area (Å²) >= 11 is 0. The summed E-state index contributed by atoms with van der Waals surface area (Å²) in [6.07, 6.45) is 0. The molecule has 38 heavy (non-hydrogen) atoms. The summed E-state index contributed by atoms with van der Waals surface area (Å²) < 4.78 is 44.7. The fraction of sp³-hybridized carbons (Fsp3) is 0.207. The van der Waals surface area contributed by atoms with Crippen molar-refractivity contribution in [3.8, 4) is 17.2 Å². The fourth-order valence-corrected chi connectivity index (χ4v) is 5.35. The Morgan fingerprint density at radius 3 is 2.26 bits per heavy atom. The van der Waals surface area contributed by atoms with E-state index in [1.807, 2.05) is 49.4 Å². The minimum Gasteiger partial charge on any atom is -0.493 e. The number of aryl methyl sites for hydroxylation is 1. The van der Waals surface area contributed by atoms with E-state index in [9.17, 15) is 13.2 Å². The molecule has 9 heteroatoms. The van der Waals surface area contributed by atoms with Gasteiger partial charge < -0.3 is 19.5 Å². The molecule has 1 N–H and O–H groups in total. The number of carbonyl (C=O) groups is 1. The monoisotopic (exact) mass is 534 g/mol. The second kappa shape index (κ2) is 11.9. The summed E-state index contributed by atoms with van der Waals surface area (Å²) in [4.78, 5) is 13.0. The molecule has 0 saturated heterocycles. The first-order valence-corrected chi connectivity index (χ1v) is 13.5. The lowest BCUT2D eigenvalue weighted by molar-refractivity contribution is -0.119. The Balaban J connectivity index is 1.48. The number of rotatable bonds is 11. The minimum atomic E-state index is -4.06. The van der Waals surface area contributed by atoms with Crippen LogP contribution in [0.15, 0.2) is 89.8 Å². The maximum atomic E-state index is 13.6. The fourth-order valence-electron chi connectivity index (χ4n) is 3.94. The van der Waals surface area contributed by atoms with Gasteiger partial charge in [0.05, 0.1) is 31.3 Å². The first-order chi connectivity index (χ1) is 18.3. The molecule has 4 aromatic rings. The first kappa shape index (κ1) is 26.8. The third kappa shape index (κ3) is 6.18. The number of carbonyl (C=O) groups excluding carboxylic acids is 1. The number of amides is 1. The van der Waals surface area contributed by atoms with Crippen LogP contribution in [-0.2, 0) is 14.8 Å². The van der Waals surface area contributed by atoms with Crippen molar-refractivity contribution in [1.29, 1.82) is 0 Å². The number of hydrogen-bond acceptors (Lipinski definition) is 6. The van der Waals surface area contributed by atoms with Gasteiger partial charge in [-0.3, -0.25) is 9.10 Å².